The van der Waals surface area contributed by atoms with E-state index in [-0.39, 0.29) is 11.9 Å². The zero-order chi connectivity index (χ0) is 14.2. The number of aromatic nitrogens is 1. The van der Waals surface area contributed by atoms with Gasteiger partial charge in [0.15, 0.2) is 0 Å². The van der Waals surface area contributed by atoms with E-state index in [0.29, 0.717) is 6.42 Å². The maximum atomic E-state index is 10.8. The molecule has 1 aromatic heterocycles. The molecule has 1 atom stereocenters. The predicted octanol–water partition coefficient (Wildman–Crippen LogP) is 2.03. The van der Waals surface area contributed by atoms with Crippen molar-refractivity contribution in [1.82, 2.24) is 10.3 Å². The Balaban J connectivity index is 2.07. The number of amides is 1. The van der Waals surface area contributed by atoms with E-state index in [1.54, 1.807) is 6.20 Å². The van der Waals surface area contributed by atoms with Gasteiger partial charge in [0.2, 0.25) is 5.91 Å². The van der Waals surface area contributed by atoms with Gasteiger partial charge in [-0.15, -0.1) is 0 Å². The maximum Gasteiger partial charge on any atom is 0.217 e. The second-order valence-corrected chi connectivity index (χ2v) is 4.62. The summed E-state index contributed by atoms with van der Waals surface area (Å²) in [6.45, 7) is 0.721. The number of benzene rings is 1. The summed E-state index contributed by atoms with van der Waals surface area (Å²) in [7, 11) is 0. The van der Waals surface area contributed by atoms with Gasteiger partial charge in [-0.25, -0.2) is 0 Å². The van der Waals surface area contributed by atoms with Crippen LogP contribution in [0.4, 0.5) is 0 Å². The van der Waals surface area contributed by atoms with Crippen molar-refractivity contribution in [2.24, 2.45) is 5.73 Å². The number of primary amides is 1. The highest BCUT2D eigenvalue weighted by Gasteiger charge is 2.13. The van der Waals surface area contributed by atoms with Crippen LogP contribution in [0.1, 0.15) is 30.1 Å². The molecule has 2 rings (SSSR count). The molecule has 4 nitrogen and oxygen atoms in total. The fourth-order valence-electron chi connectivity index (χ4n) is 2.09. The van der Waals surface area contributed by atoms with Crippen molar-refractivity contribution in [3.05, 3.63) is 66.0 Å². The number of rotatable bonds is 7. The average molecular weight is 269 g/mol. The van der Waals surface area contributed by atoms with E-state index in [9.17, 15) is 4.79 Å². The molecule has 4 heteroatoms. The summed E-state index contributed by atoms with van der Waals surface area (Å²) in [6.07, 6.45) is 2.92. The lowest BCUT2D eigenvalue weighted by molar-refractivity contribution is -0.118. The molecule has 3 N–H and O–H groups in total. The van der Waals surface area contributed by atoms with Crippen LogP contribution in [-0.2, 0) is 4.79 Å². The van der Waals surface area contributed by atoms with Crippen LogP contribution in [-0.4, -0.2) is 17.4 Å². The molecule has 0 fully saturated rings. The molecule has 0 aliphatic carbocycles. The van der Waals surface area contributed by atoms with Gasteiger partial charge in [0, 0.05) is 12.6 Å². The molecule has 1 heterocycles. The SMILES string of the molecule is NC(=O)CCCNC(c1ccccc1)c1ccccn1. The number of hydrogen-bond acceptors (Lipinski definition) is 3. The molecule has 0 spiro atoms. The zero-order valence-corrected chi connectivity index (χ0v) is 11.3. The van der Waals surface area contributed by atoms with Crippen molar-refractivity contribution in [1.29, 1.82) is 0 Å². The van der Waals surface area contributed by atoms with Crippen LogP contribution < -0.4 is 11.1 Å². The fourth-order valence-corrected chi connectivity index (χ4v) is 2.09. The number of carbonyl (C=O) groups excluding carboxylic acids is 1. The number of pyridine rings is 1. The third-order valence-electron chi connectivity index (χ3n) is 3.06. The lowest BCUT2D eigenvalue weighted by atomic mass is 10.0. The summed E-state index contributed by atoms with van der Waals surface area (Å²) in [5.41, 5.74) is 7.28. The van der Waals surface area contributed by atoms with Crippen molar-refractivity contribution >= 4 is 5.91 Å². The molecule has 0 saturated heterocycles. The molecule has 0 saturated carbocycles. The summed E-state index contributed by atoms with van der Waals surface area (Å²) in [6, 6.07) is 16.1. The van der Waals surface area contributed by atoms with Crippen LogP contribution in [0, 0.1) is 0 Å². The Morgan fingerprint density at radius 1 is 1.15 bits per heavy atom. The molecular formula is C16H19N3O. The van der Waals surface area contributed by atoms with Gasteiger partial charge in [-0.05, 0) is 30.7 Å². The molecule has 0 aliphatic rings. The second-order valence-electron chi connectivity index (χ2n) is 4.62. The maximum absolute atomic E-state index is 10.8. The number of nitrogens with two attached hydrogens (primary N) is 1. The smallest absolute Gasteiger partial charge is 0.217 e. The van der Waals surface area contributed by atoms with E-state index in [2.05, 4.69) is 22.4 Å². The molecule has 0 bridgehead atoms. The van der Waals surface area contributed by atoms with Crippen LogP contribution in [0.25, 0.3) is 0 Å². The first-order valence-electron chi connectivity index (χ1n) is 6.75. The topological polar surface area (TPSA) is 68.0 Å². The zero-order valence-electron chi connectivity index (χ0n) is 11.3. The molecule has 0 radical (unpaired) electrons. The largest absolute Gasteiger partial charge is 0.370 e. The average Bonchev–Trinajstić information content (AvgIpc) is 2.49. The minimum absolute atomic E-state index is 0.0327. The Labute approximate surface area is 119 Å². The minimum Gasteiger partial charge on any atom is -0.370 e. The summed E-state index contributed by atoms with van der Waals surface area (Å²) >= 11 is 0. The van der Waals surface area contributed by atoms with Crippen LogP contribution in [0.2, 0.25) is 0 Å². The Morgan fingerprint density at radius 2 is 1.90 bits per heavy atom. The van der Waals surface area contributed by atoms with Gasteiger partial charge >= 0.3 is 0 Å². The number of nitrogens with one attached hydrogen (secondary N) is 1. The number of hydrogen-bond donors (Lipinski definition) is 2. The van der Waals surface area contributed by atoms with E-state index in [0.717, 1.165) is 24.2 Å². The van der Waals surface area contributed by atoms with Crippen LogP contribution in [0.3, 0.4) is 0 Å². The summed E-state index contributed by atoms with van der Waals surface area (Å²) in [4.78, 5) is 15.2. The Morgan fingerprint density at radius 3 is 2.55 bits per heavy atom. The van der Waals surface area contributed by atoms with Crippen molar-refractivity contribution < 1.29 is 4.79 Å². The van der Waals surface area contributed by atoms with E-state index in [4.69, 9.17) is 5.73 Å². The third-order valence-corrected chi connectivity index (χ3v) is 3.06. The highest BCUT2D eigenvalue weighted by Crippen LogP contribution is 2.19. The lowest BCUT2D eigenvalue weighted by Gasteiger charge is -2.18. The summed E-state index contributed by atoms with van der Waals surface area (Å²) in [5.74, 6) is -0.263. The molecular weight excluding hydrogens is 250 g/mol. The first kappa shape index (κ1) is 14.2. The molecule has 0 aliphatic heterocycles. The Kier molecular flexibility index (Phi) is 5.26. The van der Waals surface area contributed by atoms with E-state index < -0.39 is 0 Å². The monoisotopic (exact) mass is 269 g/mol. The quantitative estimate of drug-likeness (QED) is 0.756. The van der Waals surface area contributed by atoms with Crippen molar-refractivity contribution in [2.75, 3.05) is 6.54 Å². The Hall–Kier alpha value is -2.20. The minimum atomic E-state index is -0.263. The Bertz CT molecular complexity index is 488. The number of carbonyl (C=O) groups is 1. The van der Waals surface area contributed by atoms with Gasteiger partial charge in [0.05, 0.1) is 11.7 Å². The summed E-state index contributed by atoms with van der Waals surface area (Å²) < 4.78 is 0. The summed E-state index contributed by atoms with van der Waals surface area (Å²) in [5, 5.41) is 3.44. The van der Waals surface area contributed by atoms with Gasteiger partial charge in [-0.2, -0.15) is 0 Å². The van der Waals surface area contributed by atoms with E-state index in [1.807, 2.05) is 36.4 Å². The molecule has 20 heavy (non-hydrogen) atoms. The van der Waals surface area contributed by atoms with Crippen molar-refractivity contribution in [3.8, 4) is 0 Å². The normalized spacial score (nSPS) is 12.0. The highest BCUT2D eigenvalue weighted by atomic mass is 16.1. The van der Waals surface area contributed by atoms with Gasteiger partial charge in [0.25, 0.3) is 0 Å². The molecule has 2 aromatic rings. The first-order valence-corrected chi connectivity index (χ1v) is 6.75. The molecule has 1 unspecified atom stereocenters. The molecule has 104 valence electrons. The standard InChI is InChI=1S/C16H19N3O/c17-15(20)10-6-12-19-16(13-7-2-1-3-8-13)14-9-4-5-11-18-14/h1-5,7-9,11,16,19H,6,10,12H2,(H2,17,20). The fraction of sp³-hybridized carbons (Fsp3) is 0.250. The van der Waals surface area contributed by atoms with Crippen LogP contribution in [0.15, 0.2) is 54.7 Å². The number of nitrogens with zero attached hydrogens (tertiary/aromatic N) is 1. The lowest BCUT2D eigenvalue weighted by Crippen LogP contribution is -2.25. The van der Waals surface area contributed by atoms with E-state index >= 15 is 0 Å². The first-order chi connectivity index (χ1) is 9.77. The van der Waals surface area contributed by atoms with Gasteiger partial charge < -0.3 is 11.1 Å². The van der Waals surface area contributed by atoms with Gasteiger partial charge in [0.1, 0.15) is 0 Å². The van der Waals surface area contributed by atoms with Crippen molar-refractivity contribution in [3.63, 3.8) is 0 Å². The predicted molar refractivity (Wildman–Crippen MR) is 79.0 cm³/mol. The third kappa shape index (κ3) is 4.17. The van der Waals surface area contributed by atoms with Crippen molar-refractivity contribution in [2.45, 2.75) is 18.9 Å². The molecule has 1 amide bonds. The second kappa shape index (κ2) is 7.40. The van der Waals surface area contributed by atoms with Crippen LogP contribution >= 0.6 is 0 Å². The van der Waals surface area contributed by atoms with E-state index in [1.165, 1.54) is 0 Å². The highest BCUT2D eigenvalue weighted by molar-refractivity contribution is 5.73. The van der Waals surface area contributed by atoms with Gasteiger partial charge in [-0.1, -0.05) is 36.4 Å². The van der Waals surface area contributed by atoms with Gasteiger partial charge in [-0.3, -0.25) is 9.78 Å². The molecule has 1 aromatic carbocycles. The van der Waals surface area contributed by atoms with Crippen LogP contribution in [0.5, 0.6) is 0 Å².